The number of unbranched alkanes of at least 4 members (excludes halogenated alkanes) is 2. The number of anilines is 1. The fourth-order valence-electron chi connectivity index (χ4n) is 2.38. The Labute approximate surface area is 149 Å². The molecule has 1 heterocycles. The van der Waals surface area contributed by atoms with Crippen LogP contribution in [0.5, 0.6) is 5.75 Å². The smallest absolute Gasteiger partial charge is 0.271 e. The number of nitrogens with one attached hydrogen (secondary N) is 2. The van der Waals surface area contributed by atoms with E-state index in [1.54, 1.807) is 19.2 Å². The second-order valence-corrected chi connectivity index (χ2v) is 5.80. The molecule has 2 N–H and O–H groups in total. The third-order valence-electron chi connectivity index (χ3n) is 3.82. The van der Waals surface area contributed by atoms with Crippen molar-refractivity contribution in [2.75, 3.05) is 25.5 Å². The molecule has 0 fully saturated rings. The molecule has 6 heteroatoms. The molecular formula is C19H26N4O2. The molecule has 0 saturated carbocycles. The summed E-state index contributed by atoms with van der Waals surface area (Å²) in [5, 5.41) is 14.1. The molecule has 1 aromatic heterocycles. The molecule has 0 radical (unpaired) electrons. The Balaban J connectivity index is 1.76. The van der Waals surface area contributed by atoms with E-state index in [9.17, 15) is 4.79 Å². The summed E-state index contributed by atoms with van der Waals surface area (Å²) in [6.45, 7) is 3.53. The standard InChI is InChI=1S/C19H26N4O2/c1-3-4-5-12-21-19(24)17-9-10-18(23-22-17)20-13-11-15-7-6-8-16(14-15)25-2/h6-10,14H,3-5,11-13H2,1-2H3,(H,20,23)(H,21,24). The van der Waals surface area contributed by atoms with Crippen LogP contribution in [0.4, 0.5) is 5.82 Å². The summed E-state index contributed by atoms with van der Waals surface area (Å²) in [7, 11) is 1.66. The number of aromatic nitrogens is 2. The Hall–Kier alpha value is -2.63. The van der Waals surface area contributed by atoms with Gasteiger partial charge in [-0.1, -0.05) is 31.9 Å². The average Bonchev–Trinajstić information content (AvgIpc) is 2.66. The number of rotatable bonds is 10. The molecule has 2 rings (SSSR count). The molecule has 1 amide bonds. The van der Waals surface area contributed by atoms with E-state index in [-0.39, 0.29) is 5.91 Å². The van der Waals surface area contributed by atoms with Gasteiger partial charge < -0.3 is 15.4 Å². The van der Waals surface area contributed by atoms with Gasteiger partial charge in [-0.05, 0) is 42.7 Å². The number of carbonyl (C=O) groups is 1. The predicted molar refractivity (Wildman–Crippen MR) is 99.1 cm³/mol. The second kappa shape index (κ2) is 10.3. The SMILES string of the molecule is CCCCCNC(=O)c1ccc(NCCc2cccc(OC)c2)nn1. The van der Waals surface area contributed by atoms with Crippen molar-refractivity contribution < 1.29 is 9.53 Å². The van der Waals surface area contributed by atoms with E-state index in [0.717, 1.165) is 38.0 Å². The van der Waals surface area contributed by atoms with E-state index >= 15 is 0 Å². The van der Waals surface area contributed by atoms with Crippen LogP contribution in [0.15, 0.2) is 36.4 Å². The van der Waals surface area contributed by atoms with E-state index < -0.39 is 0 Å². The summed E-state index contributed by atoms with van der Waals surface area (Å²) < 4.78 is 5.22. The maximum absolute atomic E-state index is 11.9. The number of hydrogen-bond acceptors (Lipinski definition) is 5. The van der Waals surface area contributed by atoms with Gasteiger partial charge in [-0.25, -0.2) is 0 Å². The van der Waals surface area contributed by atoms with Gasteiger partial charge in [-0.3, -0.25) is 4.79 Å². The Morgan fingerprint density at radius 1 is 1.12 bits per heavy atom. The van der Waals surface area contributed by atoms with Crippen LogP contribution >= 0.6 is 0 Å². The van der Waals surface area contributed by atoms with Crippen molar-refractivity contribution in [3.05, 3.63) is 47.7 Å². The quantitative estimate of drug-likeness (QED) is 0.649. The number of ether oxygens (including phenoxy) is 1. The van der Waals surface area contributed by atoms with Crippen molar-refractivity contribution in [2.24, 2.45) is 0 Å². The fourth-order valence-corrected chi connectivity index (χ4v) is 2.38. The number of carbonyl (C=O) groups excluding carboxylic acids is 1. The molecule has 0 saturated heterocycles. The monoisotopic (exact) mass is 342 g/mol. The van der Waals surface area contributed by atoms with Gasteiger partial charge in [0.15, 0.2) is 5.69 Å². The fraction of sp³-hybridized carbons (Fsp3) is 0.421. The number of nitrogens with zero attached hydrogens (tertiary/aromatic N) is 2. The summed E-state index contributed by atoms with van der Waals surface area (Å²) in [4.78, 5) is 11.9. The van der Waals surface area contributed by atoms with Crippen LogP contribution in [0.1, 0.15) is 42.2 Å². The first-order valence-corrected chi connectivity index (χ1v) is 8.71. The normalized spacial score (nSPS) is 10.3. The third-order valence-corrected chi connectivity index (χ3v) is 3.82. The van der Waals surface area contributed by atoms with Crippen LogP contribution in [0.3, 0.4) is 0 Å². The molecule has 2 aromatic rings. The average molecular weight is 342 g/mol. The molecule has 6 nitrogen and oxygen atoms in total. The molecular weight excluding hydrogens is 316 g/mol. The van der Waals surface area contributed by atoms with E-state index in [4.69, 9.17) is 4.74 Å². The van der Waals surface area contributed by atoms with Crippen LogP contribution < -0.4 is 15.4 Å². The first-order valence-electron chi connectivity index (χ1n) is 8.71. The van der Waals surface area contributed by atoms with E-state index in [1.165, 1.54) is 5.56 Å². The van der Waals surface area contributed by atoms with Crippen molar-refractivity contribution in [1.29, 1.82) is 0 Å². The van der Waals surface area contributed by atoms with Gasteiger partial charge >= 0.3 is 0 Å². The Bertz CT molecular complexity index is 659. The van der Waals surface area contributed by atoms with Crippen molar-refractivity contribution in [1.82, 2.24) is 15.5 Å². The predicted octanol–water partition coefficient (Wildman–Crippen LogP) is 3.06. The van der Waals surface area contributed by atoms with Gasteiger partial charge in [0.05, 0.1) is 7.11 Å². The highest BCUT2D eigenvalue weighted by molar-refractivity contribution is 5.92. The summed E-state index contributed by atoms with van der Waals surface area (Å²) in [5.41, 5.74) is 1.53. The topological polar surface area (TPSA) is 76.1 Å². The van der Waals surface area contributed by atoms with Crippen LogP contribution in [0.2, 0.25) is 0 Å². The van der Waals surface area contributed by atoms with Crippen molar-refractivity contribution in [3.8, 4) is 5.75 Å². The van der Waals surface area contributed by atoms with Gasteiger partial charge in [0.1, 0.15) is 11.6 Å². The maximum Gasteiger partial charge on any atom is 0.271 e. The number of amides is 1. The summed E-state index contributed by atoms with van der Waals surface area (Å²) in [6, 6.07) is 11.4. The maximum atomic E-state index is 11.9. The van der Waals surface area contributed by atoms with Gasteiger partial charge in [-0.15, -0.1) is 10.2 Å². The summed E-state index contributed by atoms with van der Waals surface area (Å²) >= 11 is 0. The minimum atomic E-state index is -0.175. The Morgan fingerprint density at radius 3 is 2.72 bits per heavy atom. The third kappa shape index (κ3) is 6.41. The Morgan fingerprint density at radius 2 is 2.00 bits per heavy atom. The van der Waals surface area contributed by atoms with Crippen LogP contribution in [-0.2, 0) is 6.42 Å². The molecule has 0 aliphatic heterocycles. The highest BCUT2D eigenvalue weighted by Crippen LogP contribution is 2.13. The Kier molecular flexibility index (Phi) is 7.69. The zero-order valence-electron chi connectivity index (χ0n) is 14.9. The van der Waals surface area contributed by atoms with Crippen molar-refractivity contribution >= 4 is 11.7 Å². The highest BCUT2D eigenvalue weighted by atomic mass is 16.5. The molecule has 0 aliphatic rings. The molecule has 0 spiro atoms. The lowest BCUT2D eigenvalue weighted by Crippen LogP contribution is -2.25. The molecule has 0 aliphatic carbocycles. The number of benzene rings is 1. The van der Waals surface area contributed by atoms with Crippen LogP contribution in [-0.4, -0.2) is 36.3 Å². The second-order valence-electron chi connectivity index (χ2n) is 5.80. The van der Waals surface area contributed by atoms with Gasteiger partial charge in [0.2, 0.25) is 0 Å². The molecule has 1 aromatic carbocycles. The largest absolute Gasteiger partial charge is 0.497 e. The lowest BCUT2D eigenvalue weighted by molar-refractivity contribution is 0.0947. The van der Waals surface area contributed by atoms with E-state index in [0.29, 0.717) is 18.1 Å². The van der Waals surface area contributed by atoms with E-state index in [1.807, 2.05) is 18.2 Å². The van der Waals surface area contributed by atoms with Crippen molar-refractivity contribution in [2.45, 2.75) is 32.6 Å². The minimum Gasteiger partial charge on any atom is -0.497 e. The minimum absolute atomic E-state index is 0.175. The van der Waals surface area contributed by atoms with Crippen molar-refractivity contribution in [3.63, 3.8) is 0 Å². The first-order chi connectivity index (χ1) is 12.2. The van der Waals surface area contributed by atoms with E-state index in [2.05, 4.69) is 33.8 Å². The number of hydrogen-bond donors (Lipinski definition) is 2. The zero-order chi connectivity index (χ0) is 17.9. The van der Waals surface area contributed by atoms with Crippen LogP contribution in [0.25, 0.3) is 0 Å². The molecule has 25 heavy (non-hydrogen) atoms. The first kappa shape index (κ1) is 18.7. The summed E-state index contributed by atoms with van der Waals surface area (Å²) in [5.74, 6) is 1.34. The molecule has 0 unspecified atom stereocenters. The van der Waals surface area contributed by atoms with Gasteiger partial charge in [0, 0.05) is 13.1 Å². The lowest BCUT2D eigenvalue weighted by atomic mass is 10.1. The van der Waals surface area contributed by atoms with Crippen LogP contribution in [0, 0.1) is 0 Å². The molecule has 0 bridgehead atoms. The lowest BCUT2D eigenvalue weighted by Gasteiger charge is -2.07. The molecule has 0 atom stereocenters. The number of methoxy groups -OCH3 is 1. The zero-order valence-corrected chi connectivity index (χ0v) is 14.9. The van der Waals surface area contributed by atoms with Gasteiger partial charge in [-0.2, -0.15) is 0 Å². The van der Waals surface area contributed by atoms with Gasteiger partial charge in [0.25, 0.3) is 5.91 Å². The summed E-state index contributed by atoms with van der Waals surface area (Å²) in [6.07, 6.45) is 4.08. The molecule has 134 valence electrons. The highest BCUT2D eigenvalue weighted by Gasteiger charge is 2.07.